The molecule has 0 saturated carbocycles. The van der Waals surface area contributed by atoms with E-state index in [1.807, 2.05) is 19.2 Å². The lowest BCUT2D eigenvalue weighted by atomic mass is 9.98. The van der Waals surface area contributed by atoms with E-state index >= 15 is 0 Å². The van der Waals surface area contributed by atoms with Crippen LogP contribution in [0.15, 0.2) is 12.1 Å². The first-order valence-corrected chi connectivity index (χ1v) is 5.35. The Kier molecular flexibility index (Phi) is 2.50. The summed E-state index contributed by atoms with van der Waals surface area (Å²) in [6, 6.07) is 3.97. The standard InChI is InChI=1S/C12H15N3O/c1-7(2)9-5-10(8(3)16)12-11(6-9)15(4)14-13-12/h5-7H,1-4H3. The summed E-state index contributed by atoms with van der Waals surface area (Å²) in [5, 5.41) is 7.99. The van der Waals surface area contributed by atoms with Crippen LogP contribution in [0.2, 0.25) is 0 Å². The summed E-state index contributed by atoms with van der Waals surface area (Å²) in [4.78, 5) is 11.6. The van der Waals surface area contributed by atoms with Crippen molar-refractivity contribution in [2.75, 3.05) is 0 Å². The van der Waals surface area contributed by atoms with Crippen molar-refractivity contribution in [1.82, 2.24) is 15.0 Å². The van der Waals surface area contributed by atoms with E-state index in [0.717, 1.165) is 11.1 Å². The number of Topliss-reactive ketones (excluding diaryl/α,β-unsaturated/α-hetero) is 1. The summed E-state index contributed by atoms with van der Waals surface area (Å²) < 4.78 is 1.70. The van der Waals surface area contributed by atoms with Crippen molar-refractivity contribution in [3.8, 4) is 0 Å². The predicted octanol–water partition coefficient (Wildman–Crippen LogP) is 2.29. The number of hydrogen-bond acceptors (Lipinski definition) is 3. The molecule has 0 aliphatic rings. The molecular formula is C12H15N3O. The van der Waals surface area contributed by atoms with Gasteiger partial charge in [0, 0.05) is 12.6 Å². The van der Waals surface area contributed by atoms with Crippen molar-refractivity contribution in [1.29, 1.82) is 0 Å². The average molecular weight is 217 g/mol. The predicted molar refractivity (Wildman–Crippen MR) is 62.6 cm³/mol. The topological polar surface area (TPSA) is 47.8 Å². The molecule has 0 N–H and O–H groups in total. The van der Waals surface area contributed by atoms with Crippen LogP contribution in [0.1, 0.15) is 42.6 Å². The van der Waals surface area contributed by atoms with Crippen molar-refractivity contribution < 1.29 is 4.79 Å². The highest BCUT2D eigenvalue weighted by atomic mass is 16.1. The zero-order valence-electron chi connectivity index (χ0n) is 9.98. The summed E-state index contributed by atoms with van der Waals surface area (Å²) in [6.07, 6.45) is 0. The Balaban J connectivity index is 2.81. The first-order chi connectivity index (χ1) is 7.50. The molecule has 2 rings (SSSR count). The highest BCUT2D eigenvalue weighted by Crippen LogP contribution is 2.23. The fourth-order valence-corrected chi connectivity index (χ4v) is 1.75. The Bertz CT molecular complexity index is 555. The van der Waals surface area contributed by atoms with E-state index in [0.29, 0.717) is 17.0 Å². The van der Waals surface area contributed by atoms with Gasteiger partial charge < -0.3 is 0 Å². The van der Waals surface area contributed by atoms with Gasteiger partial charge in [-0.2, -0.15) is 0 Å². The minimum absolute atomic E-state index is 0.0352. The van der Waals surface area contributed by atoms with Crippen molar-refractivity contribution in [2.45, 2.75) is 26.7 Å². The number of hydrogen-bond donors (Lipinski definition) is 0. The van der Waals surface area contributed by atoms with Gasteiger partial charge in [0.15, 0.2) is 5.78 Å². The van der Waals surface area contributed by atoms with Gasteiger partial charge >= 0.3 is 0 Å². The number of carbonyl (C=O) groups excluding carboxylic acids is 1. The van der Waals surface area contributed by atoms with Gasteiger partial charge in [-0.25, -0.2) is 4.68 Å². The van der Waals surface area contributed by atoms with E-state index in [-0.39, 0.29) is 5.78 Å². The molecule has 1 heterocycles. The molecule has 0 unspecified atom stereocenters. The summed E-state index contributed by atoms with van der Waals surface area (Å²) in [5.74, 6) is 0.422. The molecule has 16 heavy (non-hydrogen) atoms. The molecule has 0 aliphatic heterocycles. The number of ketones is 1. The summed E-state index contributed by atoms with van der Waals surface area (Å²) in [7, 11) is 1.84. The van der Waals surface area contributed by atoms with E-state index in [9.17, 15) is 4.79 Å². The van der Waals surface area contributed by atoms with Crippen LogP contribution in [-0.4, -0.2) is 20.8 Å². The second kappa shape index (κ2) is 3.70. The van der Waals surface area contributed by atoms with Gasteiger partial charge in [-0.3, -0.25) is 4.79 Å². The Labute approximate surface area is 94.3 Å². The van der Waals surface area contributed by atoms with E-state index in [1.54, 1.807) is 11.6 Å². The Hall–Kier alpha value is -1.71. The molecule has 0 saturated heterocycles. The van der Waals surface area contributed by atoms with Crippen molar-refractivity contribution in [3.05, 3.63) is 23.3 Å². The number of fused-ring (bicyclic) bond motifs is 1. The first kappa shape index (κ1) is 10.8. The lowest BCUT2D eigenvalue weighted by Crippen LogP contribution is -1.98. The van der Waals surface area contributed by atoms with Crippen molar-refractivity contribution >= 4 is 16.8 Å². The third kappa shape index (κ3) is 1.60. The van der Waals surface area contributed by atoms with Gasteiger partial charge in [0.25, 0.3) is 0 Å². The molecule has 0 spiro atoms. The van der Waals surface area contributed by atoms with Gasteiger partial charge in [0.2, 0.25) is 0 Å². The normalized spacial score (nSPS) is 11.3. The fourth-order valence-electron chi connectivity index (χ4n) is 1.75. The maximum atomic E-state index is 11.6. The number of rotatable bonds is 2. The maximum Gasteiger partial charge on any atom is 0.162 e. The number of aromatic nitrogens is 3. The van der Waals surface area contributed by atoms with Crippen LogP contribution in [0.5, 0.6) is 0 Å². The van der Waals surface area contributed by atoms with Crippen LogP contribution in [0, 0.1) is 0 Å². The number of aryl methyl sites for hydroxylation is 1. The van der Waals surface area contributed by atoms with Gasteiger partial charge in [0.05, 0.1) is 5.52 Å². The lowest BCUT2D eigenvalue weighted by Gasteiger charge is -2.07. The lowest BCUT2D eigenvalue weighted by molar-refractivity contribution is 0.101. The second-order valence-corrected chi connectivity index (χ2v) is 4.36. The van der Waals surface area contributed by atoms with Crippen LogP contribution >= 0.6 is 0 Å². The molecular weight excluding hydrogens is 202 g/mol. The van der Waals surface area contributed by atoms with Crippen LogP contribution < -0.4 is 0 Å². The molecule has 0 aliphatic carbocycles. The first-order valence-electron chi connectivity index (χ1n) is 5.35. The molecule has 0 amide bonds. The van der Waals surface area contributed by atoms with Gasteiger partial charge in [-0.05, 0) is 30.5 Å². The minimum atomic E-state index is 0.0352. The Morgan fingerprint density at radius 3 is 2.62 bits per heavy atom. The summed E-state index contributed by atoms with van der Waals surface area (Å²) >= 11 is 0. The third-order valence-electron chi connectivity index (χ3n) is 2.79. The maximum absolute atomic E-state index is 11.6. The number of nitrogens with zero attached hydrogens (tertiary/aromatic N) is 3. The molecule has 0 bridgehead atoms. The van der Waals surface area contributed by atoms with Crippen LogP contribution in [0.25, 0.3) is 11.0 Å². The molecule has 0 atom stereocenters. The van der Waals surface area contributed by atoms with E-state index < -0.39 is 0 Å². The molecule has 2 aromatic rings. The number of benzene rings is 1. The van der Waals surface area contributed by atoms with Gasteiger partial charge in [-0.15, -0.1) is 5.10 Å². The highest BCUT2D eigenvalue weighted by molar-refractivity contribution is 6.05. The number of carbonyl (C=O) groups is 1. The average Bonchev–Trinajstić information content (AvgIpc) is 2.59. The smallest absolute Gasteiger partial charge is 0.162 e. The van der Waals surface area contributed by atoms with Crippen LogP contribution in [0.3, 0.4) is 0 Å². The van der Waals surface area contributed by atoms with E-state index in [1.165, 1.54) is 0 Å². The van der Waals surface area contributed by atoms with Gasteiger partial charge in [-0.1, -0.05) is 19.1 Å². The third-order valence-corrected chi connectivity index (χ3v) is 2.79. The van der Waals surface area contributed by atoms with Crippen LogP contribution in [0.4, 0.5) is 0 Å². The van der Waals surface area contributed by atoms with Crippen molar-refractivity contribution in [3.63, 3.8) is 0 Å². The highest BCUT2D eigenvalue weighted by Gasteiger charge is 2.14. The van der Waals surface area contributed by atoms with E-state index in [2.05, 4.69) is 24.2 Å². The molecule has 84 valence electrons. The Morgan fingerprint density at radius 2 is 2.06 bits per heavy atom. The molecule has 0 radical (unpaired) electrons. The van der Waals surface area contributed by atoms with Gasteiger partial charge in [0.1, 0.15) is 5.52 Å². The molecule has 4 nitrogen and oxygen atoms in total. The summed E-state index contributed by atoms with van der Waals surface area (Å²) in [5.41, 5.74) is 3.41. The second-order valence-electron chi connectivity index (χ2n) is 4.36. The molecule has 1 aromatic heterocycles. The largest absolute Gasteiger partial charge is 0.294 e. The molecule has 0 fully saturated rings. The van der Waals surface area contributed by atoms with E-state index in [4.69, 9.17) is 0 Å². The minimum Gasteiger partial charge on any atom is -0.294 e. The Morgan fingerprint density at radius 1 is 1.38 bits per heavy atom. The quantitative estimate of drug-likeness (QED) is 0.725. The fraction of sp³-hybridized carbons (Fsp3) is 0.417. The molecule has 1 aromatic carbocycles. The van der Waals surface area contributed by atoms with Crippen LogP contribution in [-0.2, 0) is 7.05 Å². The zero-order chi connectivity index (χ0) is 11.9. The zero-order valence-corrected chi connectivity index (χ0v) is 9.98. The van der Waals surface area contributed by atoms with Crippen molar-refractivity contribution in [2.24, 2.45) is 7.05 Å². The SMILES string of the molecule is CC(=O)c1cc(C(C)C)cc2c1nnn2C. The summed E-state index contributed by atoms with van der Waals surface area (Å²) in [6.45, 7) is 5.78. The molecule has 4 heteroatoms. The monoisotopic (exact) mass is 217 g/mol.